The Kier molecular flexibility index (Phi) is 3.19. The minimum Gasteiger partial charge on any atom is -0.460 e. The zero-order valence-corrected chi connectivity index (χ0v) is 9.78. The third kappa shape index (κ3) is 1.83. The van der Waals surface area contributed by atoms with Crippen LogP contribution in [0.4, 0.5) is 0 Å². The van der Waals surface area contributed by atoms with Gasteiger partial charge in [0.1, 0.15) is 0 Å². The van der Waals surface area contributed by atoms with Gasteiger partial charge in [-0.05, 0) is 13.3 Å². The minimum absolute atomic E-state index is 0.0804. The molecule has 0 aromatic rings. The van der Waals surface area contributed by atoms with Crippen molar-refractivity contribution in [1.29, 1.82) is 0 Å². The number of ether oxygens (including phenoxy) is 4. The molecule has 3 saturated heterocycles. The summed E-state index contributed by atoms with van der Waals surface area (Å²) in [5.74, 6) is -2.18. The highest BCUT2D eigenvalue weighted by Crippen LogP contribution is 2.41. The highest BCUT2D eigenvalue weighted by atomic mass is 16.9. The Hall–Kier alpha value is -0.650. The second-order valence-corrected chi connectivity index (χ2v) is 4.39. The lowest BCUT2D eigenvalue weighted by Crippen LogP contribution is -2.63. The first-order valence-electron chi connectivity index (χ1n) is 5.75. The topological polar surface area (TPSA) is 54.0 Å². The van der Waals surface area contributed by atoms with Gasteiger partial charge in [0.05, 0.1) is 26.4 Å². The van der Waals surface area contributed by atoms with E-state index in [1.54, 1.807) is 6.92 Å². The molecule has 16 heavy (non-hydrogen) atoms. The van der Waals surface area contributed by atoms with Crippen molar-refractivity contribution in [3.8, 4) is 0 Å². The van der Waals surface area contributed by atoms with Gasteiger partial charge < -0.3 is 18.9 Å². The monoisotopic (exact) mass is 230 g/mol. The molecule has 0 spiro atoms. The van der Waals surface area contributed by atoms with Gasteiger partial charge in [-0.3, -0.25) is 0 Å². The van der Waals surface area contributed by atoms with Gasteiger partial charge in [0, 0.05) is 5.41 Å². The van der Waals surface area contributed by atoms with E-state index in [9.17, 15) is 4.79 Å². The van der Waals surface area contributed by atoms with Gasteiger partial charge in [-0.25, -0.2) is 4.79 Å². The number of carbonyl (C=O) groups excluding carboxylic acids is 1. The standard InChI is InChI=1S/C11H18O5/c1-3-5-10-6-14-11(15-7-10,16-8-10)9(12)13-4-2/h3-8H2,1-2H3. The first-order chi connectivity index (χ1) is 7.66. The Labute approximate surface area is 95.0 Å². The lowest BCUT2D eigenvalue weighted by molar-refractivity contribution is -0.449. The van der Waals surface area contributed by atoms with E-state index in [-0.39, 0.29) is 12.0 Å². The first kappa shape index (κ1) is 11.8. The fraction of sp³-hybridized carbons (Fsp3) is 0.909. The lowest BCUT2D eigenvalue weighted by atomic mass is 9.84. The number of fused-ring (bicyclic) bond motifs is 3. The molecule has 0 saturated carbocycles. The van der Waals surface area contributed by atoms with Gasteiger partial charge in [-0.1, -0.05) is 13.3 Å². The molecular formula is C11H18O5. The van der Waals surface area contributed by atoms with Crippen molar-refractivity contribution in [3.63, 3.8) is 0 Å². The summed E-state index contributed by atoms with van der Waals surface area (Å²) in [5, 5.41) is 0. The molecule has 2 bridgehead atoms. The maximum Gasteiger partial charge on any atom is 0.398 e. The second-order valence-electron chi connectivity index (χ2n) is 4.39. The average molecular weight is 230 g/mol. The van der Waals surface area contributed by atoms with Crippen LogP contribution < -0.4 is 0 Å². The van der Waals surface area contributed by atoms with Gasteiger partial charge in [-0.15, -0.1) is 0 Å². The maximum atomic E-state index is 11.6. The second kappa shape index (κ2) is 4.31. The van der Waals surface area contributed by atoms with E-state index < -0.39 is 11.9 Å². The molecule has 3 aliphatic rings. The van der Waals surface area contributed by atoms with Crippen molar-refractivity contribution < 1.29 is 23.7 Å². The van der Waals surface area contributed by atoms with Crippen LogP contribution in [-0.2, 0) is 23.7 Å². The molecule has 92 valence electrons. The van der Waals surface area contributed by atoms with Crippen molar-refractivity contribution >= 4 is 5.97 Å². The fourth-order valence-corrected chi connectivity index (χ4v) is 2.14. The van der Waals surface area contributed by atoms with Gasteiger partial charge >= 0.3 is 11.9 Å². The molecule has 0 N–H and O–H groups in total. The van der Waals surface area contributed by atoms with Crippen LogP contribution in [0.3, 0.4) is 0 Å². The molecule has 0 amide bonds. The number of esters is 1. The molecule has 3 rings (SSSR count). The summed E-state index contributed by atoms with van der Waals surface area (Å²) in [7, 11) is 0. The lowest BCUT2D eigenvalue weighted by Gasteiger charge is -2.50. The highest BCUT2D eigenvalue weighted by molar-refractivity contribution is 5.76. The largest absolute Gasteiger partial charge is 0.460 e. The molecule has 5 heteroatoms. The molecule has 0 radical (unpaired) electrons. The summed E-state index contributed by atoms with van der Waals surface area (Å²) >= 11 is 0. The predicted molar refractivity (Wildman–Crippen MR) is 54.6 cm³/mol. The Morgan fingerprint density at radius 3 is 2.19 bits per heavy atom. The number of rotatable bonds is 4. The van der Waals surface area contributed by atoms with Gasteiger partial charge in [0.25, 0.3) is 0 Å². The predicted octanol–water partition coefficient (Wildman–Crippen LogP) is 1.07. The van der Waals surface area contributed by atoms with E-state index in [2.05, 4.69) is 6.92 Å². The summed E-state index contributed by atoms with van der Waals surface area (Å²) in [6.45, 7) is 5.63. The van der Waals surface area contributed by atoms with Gasteiger partial charge in [-0.2, -0.15) is 0 Å². The Morgan fingerprint density at radius 2 is 1.75 bits per heavy atom. The summed E-state index contributed by atoms with van der Waals surface area (Å²) in [5.41, 5.74) is -0.0804. The fourth-order valence-electron chi connectivity index (χ4n) is 2.14. The van der Waals surface area contributed by atoms with Crippen molar-refractivity contribution in [2.45, 2.75) is 32.7 Å². The van der Waals surface area contributed by atoms with E-state index in [1.165, 1.54) is 0 Å². The SMILES string of the molecule is CCCC12COC(C(=O)OCC)(OC1)OC2. The molecule has 0 aromatic heterocycles. The maximum absolute atomic E-state index is 11.6. The summed E-state index contributed by atoms with van der Waals surface area (Å²) in [4.78, 5) is 11.6. The molecule has 3 fully saturated rings. The normalized spacial score (nSPS) is 37.4. The van der Waals surface area contributed by atoms with Crippen LogP contribution in [0.5, 0.6) is 0 Å². The van der Waals surface area contributed by atoms with E-state index in [0.717, 1.165) is 12.8 Å². The molecular weight excluding hydrogens is 212 g/mol. The molecule has 0 atom stereocenters. The van der Waals surface area contributed by atoms with Crippen LogP contribution in [0, 0.1) is 5.41 Å². The smallest absolute Gasteiger partial charge is 0.398 e. The van der Waals surface area contributed by atoms with E-state index in [1.807, 2.05) is 0 Å². The Bertz CT molecular complexity index is 251. The van der Waals surface area contributed by atoms with E-state index >= 15 is 0 Å². The minimum atomic E-state index is -1.59. The quantitative estimate of drug-likeness (QED) is 0.676. The Morgan fingerprint density at radius 1 is 1.19 bits per heavy atom. The number of carbonyl (C=O) groups is 1. The van der Waals surface area contributed by atoms with Crippen LogP contribution in [0.2, 0.25) is 0 Å². The van der Waals surface area contributed by atoms with Crippen molar-refractivity contribution in [3.05, 3.63) is 0 Å². The highest BCUT2D eigenvalue weighted by Gasteiger charge is 2.57. The average Bonchev–Trinajstić information content (AvgIpc) is 2.32. The van der Waals surface area contributed by atoms with Crippen molar-refractivity contribution in [2.24, 2.45) is 5.41 Å². The van der Waals surface area contributed by atoms with Crippen molar-refractivity contribution in [1.82, 2.24) is 0 Å². The van der Waals surface area contributed by atoms with Crippen LogP contribution in [-0.4, -0.2) is 38.4 Å². The van der Waals surface area contributed by atoms with Gasteiger partial charge in [0.2, 0.25) is 0 Å². The zero-order chi connectivity index (χ0) is 11.6. The third-order valence-electron chi connectivity index (χ3n) is 3.01. The summed E-state index contributed by atoms with van der Waals surface area (Å²) in [6, 6.07) is 0. The number of hydrogen-bond donors (Lipinski definition) is 0. The summed E-state index contributed by atoms with van der Waals surface area (Å²) < 4.78 is 21.1. The van der Waals surface area contributed by atoms with Crippen LogP contribution in [0.1, 0.15) is 26.7 Å². The molecule has 0 unspecified atom stereocenters. The molecule has 0 aromatic carbocycles. The van der Waals surface area contributed by atoms with Crippen LogP contribution in [0.15, 0.2) is 0 Å². The van der Waals surface area contributed by atoms with Crippen LogP contribution >= 0.6 is 0 Å². The van der Waals surface area contributed by atoms with E-state index in [4.69, 9.17) is 18.9 Å². The number of hydrogen-bond acceptors (Lipinski definition) is 5. The van der Waals surface area contributed by atoms with Crippen molar-refractivity contribution in [2.75, 3.05) is 26.4 Å². The zero-order valence-electron chi connectivity index (χ0n) is 9.78. The molecule has 0 aliphatic carbocycles. The molecule has 3 heterocycles. The molecule has 3 aliphatic heterocycles. The Balaban J connectivity index is 2.02. The molecule has 5 nitrogen and oxygen atoms in total. The van der Waals surface area contributed by atoms with Gasteiger partial charge in [0.15, 0.2) is 0 Å². The van der Waals surface area contributed by atoms with E-state index in [0.29, 0.717) is 19.8 Å². The third-order valence-corrected chi connectivity index (χ3v) is 3.01. The first-order valence-corrected chi connectivity index (χ1v) is 5.75. The summed E-state index contributed by atoms with van der Waals surface area (Å²) in [6.07, 6.45) is 2.02. The van der Waals surface area contributed by atoms with Crippen LogP contribution in [0.25, 0.3) is 0 Å².